The van der Waals surface area contributed by atoms with Gasteiger partial charge in [0.1, 0.15) is 0 Å². The molecular weight excluding hydrogens is 154 g/mol. The van der Waals surface area contributed by atoms with E-state index < -0.39 is 0 Å². The summed E-state index contributed by atoms with van der Waals surface area (Å²) in [5.41, 5.74) is 2.59. The van der Waals surface area contributed by atoms with Gasteiger partial charge in [0.25, 0.3) is 0 Å². The first-order chi connectivity index (χ1) is 5.34. The smallest absolute Gasteiger partial charge is 0.0481 e. The molecule has 0 aliphatic heterocycles. The lowest BCUT2D eigenvalue weighted by Crippen LogP contribution is -1.97. The molecule has 0 aliphatic rings. The molecule has 0 spiro atoms. The van der Waals surface area contributed by atoms with E-state index in [1.807, 2.05) is 6.92 Å². The number of hydrogen-bond donors (Lipinski definition) is 1. The van der Waals surface area contributed by atoms with Crippen LogP contribution in [0.5, 0.6) is 0 Å². The monoisotopic (exact) mass is 167 g/mol. The van der Waals surface area contributed by atoms with Gasteiger partial charge in [-0.1, -0.05) is 12.2 Å². The molecule has 60 valence electrons. The fraction of sp³-hybridized carbons (Fsp3) is 0.333. The van der Waals surface area contributed by atoms with Crippen molar-refractivity contribution in [1.29, 1.82) is 0 Å². The van der Waals surface area contributed by atoms with E-state index in [-0.39, 0.29) is 0 Å². The Hall–Kier alpha value is -0.760. The zero-order chi connectivity index (χ0) is 8.10. The Morgan fingerprint density at radius 3 is 2.91 bits per heavy atom. The molecule has 0 radical (unpaired) electrons. The highest BCUT2D eigenvalue weighted by molar-refractivity contribution is 7.08. The average Bonchev–Trinajstić information content (AvgIpc) is 2.37. The Morgan fingerprint density at radius 1 is 1.55 bits per heavy atom. The molecule has 1 N–H and O–H groups in total. The van der Waals surface area contributed by atoms with Gasteiger partial charge in [0.2, 0.25) is 0 Å². The lowest BCUT2D eigenvalue weighted by atomic mass is 10.3. The molecular formula is C9H13NS. The summed E-state index contributed by atoms with van der Waals surface area (Å²) in [7, 11) is 0. The minimum atomic E-state index is 0.925. The summed E-state index contributed by atoms with van der Waals surface area (Å²) in [4.78, 5) is 0. The van der Waals surface area contributed by atoms with Crippen molar-refractivity contribution in [2.24, 2.45) is 0 Å². The van der Waals surface area contributed by atoms with E-state index in [0.717, 1.165) is 6.54 Å². The van der Waals surface area contributed by atoms with Crippen LogP contribution in [0, 0.1) is 6.92 Å². The van der Waals surface area contributed by atoms with Crippen molar-refractivity contribution in [3.63, 3.8) is 0 Å². The molecule has 0 fully saturated rings. The summed E-state index contributed by atoms with van der Waals surface area (Å²) in [5, 5.41) is 7.61. The highest BCUT2D eigenvalue weighted by atomic mass is 32.1. The summed E-state index contributed by atoms with van der Waals surface area (Å²) < 4.78 is 0. The highest BCUT2D eigenvalue weighted by Gasteiger charge is 1.94. The van der Waals surface area contributed by atoms with Crippen LogP contribution in [-0.2, 0) is 0 Å². The van der Waals surface area contributed by atoms with E-state index >= 15 is 0 Å². The predicted octanol–water partition coefficient (Wildman–Crippen LogP) is 3.04. The molecule has 0 amide bonds. The molecule has 0 atom stereocenters. The topological polar surface area (TPSA) is 12.0 Å². The van der Waals surface area contributed by atoms with Gasteiger partial charge >= 0.3 is 0 Å². The van der Waals surface area contributed by atoms with Gasteiger partial charge < -0.3 is 5.32 Å². The standard InChI is InChI=1S/C9H13NS/c1-3-4-5-10-9-7-11-6-8(9)2/h3-4,6-7,10H,5H2,1-2H3/b4-3+. The Bertz CT molecular complexity index is 237. The number of nitrogens with one attached hydrogen (secondary N) is 1. The summed E-state index contributed by atoms with van der Waals surface area (Å²) in [6.07, 6.45) is 4.16. The summed E-state index contributed by atoms with van der Waals surface area (Å²) in [5.74, 6) is 0. The average molecular weight is 167 g/mol. The highest BCUT2D eigenvalue weighted by Crippen LogP contribution is 2.18. The Labute approximate surface area is 71.8 Å². The molecule has 2 heteroatoms. The van der Waals surface area contributed by atoms with Crippen molar-refractivity contribution in [3.05, 3.63) is 28.5 Å². The van der Waals surface area contributed by atoms with Gasteiger partial charge in [-0.2, -0.15) is 0 Å². The second-order valence-corrected chi connectivity index (χ2v) is 3.16. The van der Waals surface area contributed by atoms with E-state index in [1.165, 1.54) is 11.3 Å². The SMILES string of the molecule is C/C=C/CNc1cscc1C. The van der Waals surface area contributed by atoms with Crippen molar-refractivity contribution in [1.82, 2.24) is 0 Å². The van der Waals surface area contributed by atoms with Crippen LogP contribution in [0.25, 0.3) is 0 Å². The Kier molecular flexibility index (Phi) is 3.17. The quantitative estimate of drug-likeness (QED) is 0.682. The maximum Gasteiger partial charge on any atom is 0.0481 e. The minimum absolute atomic E-state index is 0.925. The molecule has 1 rings (SSSR count). The van der Waals surface area contributed by atoms with Crippen LogP contribution in [0.1, 0.15) is 12.5 Å². The lowest BCUT2D eigenvalue weighted by molar-refractivity contribution is 1.31. The molecule has 0 unspecified atom stereocenters. The van der Waals surface area contributed by atoms with Crippen LogP contribution < -0.4 is 5.32 Å². The second-order valence-electron chi connectivity index (χ2n) is 2.42. The van der Waals surface area contributed by atoms with Crippen LogP contribution in [-0.4, -0.2) is 6.54 Å². The van der Waals surface area contributed by atoms with Gasteiger partial charge in [0.05, 0.1) is 0 Å². The fourth-order valence-corrected chi connectivity index (χ4v) is 1.63. The number of aryl methyl sites for hydroxylation is 1. The summed E-state index contributed by atoms with van der Waals surface area (Å²) in [6, 6.07) is 0. The number of hydrogen-bond acceptors (Lipinski definition) is 2. The van der Waals surface area contributed by atoms with Gasteiger partial charge in [0, 0.05) is 17.6 Å². The maximum absolute atomic E-state index is 3.32. The van der Waals surface area contributed by atoms with Gasteiger partial charge in [0.15, 0.2) is 0 Å². The van der Waals surface area contributed by atoms with E-state index in [0.29, 0.717) is 0 Å². The normalized spacial score (nSPS) is 10.7. The van der Waals surface area contributed by atoms with Crippen LogP contribution >= 0.6 is 11.3 Å². The first kappa shape index (κ1) is 8.34. The van der Waals surface area contributed by atoms with E-state index in [9.17, 15) is 0 Å². The lowest BCUT2D eigenvalue weighted by Gasteiger charge is -1.99. The van der Waals surface area contributed by atoms with Gasteiger partial charge in [-0.3, -0.25) is 0 Å². The third kappa shape index (κ3) is 2.39. The van der Waals surface area contributed by atoms with Gasteiger partial charge in [-0.15, -0.1) is 11.3 Å². The zero-order valence-electron chi connectivity index (χ0n) is 6.92. The van der Waals surface area contributed by atoms with E-state index in [4.69, 9.17) is 0 Å². The van der Waals surface area contributed by atoms with E-state index in [1.54, 1.807) is 11.3 Å². The number of thiophene rings is 1. The molecule has 0 aliphatic carbocycles. The third-order valence-electron chi connectivity index (χ3n) is 1.50. The van der Waals surface area contributed by atoms with Crippen LogP contribution in [0.3, 0.4) is 0 Å². The van der Waals surface area contributed by atoms with Crippen LogP contribution in [0.2, 0.25) is 0 Å². The van der Waals surface area contributed by atoms with Crippen molar-refractivity contribution in [2.45, 2.75) is 13.8 Å². The largest absolute Gasteiger partial charge is 0.381 e. The maximum atomic E-state index is 3.32. The molecule has 11 heavy (non-hydrogen) atoms. The molecule has 0 aromatic carbocycles. The van der Waals surface area contributed by atoms with Crippen LogP contribution in [0.4, 0.5) is 5.69 Å². The molecule has 1 aromatic heterocycles. The number of allylic oxidation sites excluding steroid dienone is 1. The van der Waals surface area contributed by atoms with Crippen molar-refractivity contribution < 1.29 is 0 Å². The van der Waals surface area contributed by atoms with Crippen molar-refractivity contribution in [3.8, 4) is 0 Å². The first-order valence-electron chi connectivity index (χ1n) is 3.72. The van der Waals surface area contributed by atoms with E-state index in [2.05, 4.69) is 35.2 Å². The molecule has 1 aromatic rings. The van der Waals surface area contributed by atoms with Crippen LogP contribution in [0.15, 0.2) is 22.9 Å². The number of rotatable bonds is 3. The Balaban J connectivity index is 2.44. The summed E-state index contributed by atoms with van der Waals surface area (Å²) >= 11 is 1.74. The number of anilines is 1. The Morgan fingerprint density at radius 2 is 2.36 bits per heavy atom. The third-order valence-corrected chi connectivity index (χ3v) is 2.36. The second kappa shape index (κ2) is 4.19. The zero-order valence-corrected chi connectivity index (χ0v) is 7.74. The fourth-order valence-electron chi connectivity index (χ4n) is 0.828. The molecule has 0 saturated carbocycles. The predicted molar refractivity (Wildman–Crippen MR) is 52.4 cm³/mol. The van der Waals surface area contributed by atoms with Gasteiger partial charge in [-0.25, -0.2) is 0 Å². The van der Waals surface area contributed by atoms with Crippen molar-refractivity contribution >= 4 is 17.0 Å². The summed E-state index contributed by atoms with van der Waals surface area (Å²) in [6.45, 7) is 5.07. The van der Waals surface area contributed by atoms with Crippen molar-refractivity contribution in [2.75, 3.05) is 11.9 Å². The van der Waals surface area contributed by atoms with Gasteiger partial charge in [-0.05, 0) is 24.8 Å². The first-order valence-corrected chi connectivity index (χ1v) is 4.66. The molecule has 0 bridgehead atoms. The molecule has 0 saturated heterocycles. The molecule has 1 heterocycles. The molecule has 1 nitrogen and oxygen atoms in total. The minimum Gasteiger partial charge on any atom is -0.381 e.